The Labute approximate surface area is 198 Å². The zero-order chi connectivity index (χ0) is 23.4. The highest BCUT2D eigenvalue weighted by Crippen LogP contribution is 2.30. The minimum atomic E-state index is -1.14. The van der Waals surface area contributed by atoms with Gasteiger partial charge in [-0.05, 0) is 36.2 Å². The Morgan fingerprint density at radius 1 is 1.06 bits per heavy atom. The molecule has 7 nitrogen and oxygen atoms in total. The summed E-state index contributed by atoms with van der Waals surface area (Å²) in [4.78, 5) is 26.6. The van der Waals surface area contributed by atoms with E-state index in [0.29, 0.717) is 35.1 Å². The fraction of sp³-hybridized carbons (Fsp3) is 0.360. The van der Waals surface area contributed by atoms with Crippen LogP contribution in [0.2, 0.25) is 5.02 Å². The number of benzene rings is 2. The molecule has 4 rings (SSSR count). The van der Waals surface area contributed by atoms with Crippen molar-refractivity contribution in [2.45, 2.75) is 19.8 Å². The van der Waals surface area contributed by atoms with Crippen LogP contribution in [-0.2, 0) is 9.53 Å². The smallest absolute Gasteiger partial charge is 0.329 e. The Morgan fingerprint density at radius 2 is 1.73 bits per heavy atom. The SMILES string of the molecule is CC(C)COC(=O)[C@@H](C#N)c1nc2ccccc2nc1N1CCN(c2cccc(Cl)c2)CC1. The number of para-hydroxylation sites is 2. The number of fused-ring (bicyclic) bond motifs is 1. The molecule has 1 aromatic heterocycles. The Bertz CT molecular complexity index is 1180. The van der Waals surface area contributed by atoms with Crippen LogP contribution in [0.4, 0.5) is 11.5 Å². The third-order valence-corrected chi connectivity index (χ3v) is 5.76. The van der Waals surface area contributed by atoms with Crippen molar-refractivity contribution in [2.24, 2.45) is 5.92 Å². The predicted molar refractivity (Wildman–Crippen MR) is 130 cm³/mol. The van der Waals surface area contributed by atoms with Crippen LogP contribution in [0.25, 0.3) is 11.0 Å². The van der Waals surface area contributed by atoms with Crippen LogP contribution in [0.1, 0.15) is 25.5 Å². The summed E-state index contributed by atoms with van der Waals surface area (Å²) in [5.74, 6) is -0.987. The molecule has 0 saturated carbocycles. The molecule has 2 heterocycles. The van der Waals surface area contributed by atoms with Crippen LogP contribution in [-0.4, -0.2) is 48.7 Å². The first-order valence-electron chi connectivity index (χ1n) is 11.0. The molecule has 0 aliphatic carbocycles. The molecule has 1 saturated heterocycles. The topological polar surface area (TPSA) is 82.3 Å². The second kappa shape index (κ2) is 10.1. The molecule has 3 aromatic rings. The maximum absolute atomic E-state index is 12.8. The lowest BCUT2D eigenvalue weighted by atomic mass is 10.1. The number of aromatic nitrogens is 2. The minimum Gasteiger partial charge on any atom is -0.464 e. The maximum Gasteiger partial charge on any atom is 0.329 e. The normalized spacial score (nSPS) is 14.9. The maximum atomic E-state index is 12.8. The molecule has 1 aliphatic rings. The standard InChI is InChI=1S/C25H26ClN5O2/c1-17(2)16-33-25(32)20(15-27)23-24(29-22-9-4-3-8-21(22)28-23)31-12-10-30(11-13-31)19-7-5-6-18(26)14-19/h3-9,14,17,20H,10-13,16H2,1-2H3/t20-/m0/s1. The van der Waals surface area contributed by atoms with Gasteiger partial charge < -0.3 is 14.5 Å². The van der Waals surface area contributed by atoms with Gasteiger partial charge in [0, 0.05) is 36.9 Å². The number of hydrogen-bond donors (Lipinski definition) is 0. The predicted octanol–water partition coefficient (Wildman–Crippen LogP) is 4.42. The third kappa shape index (κ3) is 5.18. The van der Waals surface area contributed by atoms with Crippen LogP contribution in [0, 0.1) is 17.2 Å². The van der Waals surface area contributed by atoms with Crippen molar-refractivity contribution >= 4 is 40.1 Å². The summed E-state index contributed by atoms with van der Waals surface area (Å²) in [5.41, 5.74) is 2.78. The largest absolute Gasteiger partial charge is 0.464 e. The Morgan fingerprint density at radius 3 is 2.36 bits per heavy atom. The van der Waals surface area contributed by atoms with E-state index in [4.69, 9.17) is 26.3 Å². The van der Waals surface area contributed by atoms with Crippen molar-refractivity contribution in [1.82, 2.24) is 9.97 Å². The van der Waals surface area contributed by atoms with Gasteiger partial charge in [0.2, 0.25) is 0 Å². The molecular formula is C25H26ClN5O2. The molecule has 0 spiro atoms. The van der Waals surface area contributed by atoms with Crippen molar-refractivity contribution < 1.29 is 9.53 Å². The number of hydrogen-bond acceptors (Lipinski definition) is 7. The number of anilines is 2. The molecule has 0 bridgehead atoms. The molecule has 0 N–H and O–H groups in total. The van der Waals surface area contributed by atoms with Crippen molar-refractivity contribution in [3.63, 3.8) is 0 Å². The molecule has 8 heteroatoms. The van der Waals surface area contributed by atoms with Gasteiger partial charge in [0.15, 0.2) is 11.7 Å². The molecule has 0 radical (unpaired) electrons. The van der Waals surface area contributed by atoms with E-state index >= 15 is 0 Å². The van der Waals surface area contributed by atoms with E-state index in [0.717, 1.165) is 24.3 Å². The molecule has 1 fully saturated rings. The molecule has 0 unspecified atom stereocenters. The highest BCUT2D eigenvalue weighted by Gasteiger charge is 2.31. The van der Waals surface area contributed by atoms with E-state index in [1.54, 1.807) is 0 Å². The highest BCUT2D eigenvalue weighted by molar-refractivity contribution is 6.30. The Hall–Kier alpha value is -3.37. The first-order valence-corrected chi connectivity index (χ1v) is 11.4. The number of carbonyl (C=O) groups excluding carboxylic acids is 1. The second-order valence-corrected chi connectivity index (χ2v) is 8.90. The molecule has 0 amide bonds. The molecule has 1 atom stereocenters. The number of nitrogens with zero attached hydrogens (tertiary/aromatic N) is 5. The zero-order valence-corrected chi connectivity index (χ0v) is 19.5. The zero-order valence-electron chi connectivity index (χ0n) is 18.7. The minimum absolute atomic E-state index is 0.176. The summed E-state index contributed by atoms with van der Waals surface area (Å²) in [6.45, 7) is 7.01. The van der Waals surface area contributed by atoms with Crippen molar-refractivity contribution in [3.8, 4) is 6.07 Å². The molecule has 170 valence electrons. The van der Waals surface area contributed by atoms with Gasteiger partial charge >= 0.3 is 5.97 Å². The average molecular weight is 464 g/mol. The number of nitriles is 1. The van der Waals surface area contributed by atoms with Gasteiger partial charge in [-0.2, -0.15) is 5.26 Å². The summed E-state index contributed by atoms with van der Waals surface area (Å²) in [7, 11) is 0. The lowest BCUT2D eigenvalue weighted by Crippen LogP contribution is -2.47. The van der Waals surface area contributed by atoms with E-state index in [2.05, 4.69) is 15.9 Å². The van der Waals surface area contributed by atoms with Gasteiger partial charge in [-0.1, -0.05) is 43.6 Å². The fourth-order valence-electron chi connectivity index (χ4n) is 3.84. The average Bonchev–Trinajstić information content (AvgIpc) is 2.83. The molecular weight excluding hydrogens is 438 g/mol. The number of halogens is 1. The van der Waals surface area contributed by atoms with Gasteiger partial charge in [-0.3, -0.25) is 4.79 Å². The van der Waals surface area contributed by atoms with Crippen LogP contribution in [0.3, 0.4) is 0 Å². The fourth-order valence-corrected chi connectivity index (χ4v) is 4.02. The first-order chi connectivity index (χ1) is 16.0. The lowest BCUT2D eigenvalue weighted by Gasteiger charge is -2.37. The second-order valence-electron chi connectivity index (χ2n) is 8.46. The van der Waals surface area contributed by atoms with Gasteiger partial charge in [0.25, 0.3) is 0 Å². The number of ether oxygens (including phenoxy) is 1. The van der Waals surface area contributed by atoms with Crippen LogP contribution < -0.4 is 9.80 Å². The monoisotopic (exact) mass is 463 g/mol. The number of carbonyl (C=O) groups is 1. The summed E-state index contributed by atoms with van der Waals surface area (Å²) >= 11 is 6.16. The Kier molecular flexibility index (Phi) is 6.95. The van der Waals surface area contributed by atoms with E-state index in [1.165, 1.54) is 0 Å². The summed E-state index contributed by atoms with van der Waals surface area (Å²) in [5, 5.41) is 10.6. The van der Waals surface area contributed by atoms with Crippen LogP contribution >= 0.6 is 11.6 Å². The van der Waals surface area contributed by atoms with Gasteiger partial charge in [0.1, 0.15) is 5.69 Å². The molecule has 33 heavy (non-hydrogen) atoms. The molecule has 1 aliphatic heterocycles. The van der Waals surface area contributed by atoms with E-state index < -0.39 is 11.9 Å². The van der Waals surface area contributed by atoms with Gasteiger partial charge in [-0.15, -0.1) is 0 Å². The van der Waals surface area contributed by atoms with E-state index in [-0.39, 0.29) is 12.5 Å². The summed E-state index contributed by atoms with van der Waals surface area (Å²) in [6.07, 6.45) is 0. The Balaban J connectivity index is 1.64. The van der Waals surface area contributed by atoms with Gasteiger partial charge in [0.05, 0.1) is 23.7 Å². The van der Waals surface area contributed by atoms with Crippen LogP contribution in [0.15, 0.2) is 48.5 Å². The number of rotatable bonds is 6. The third-order valence-electron chi connectivity index (χ3n) is 5.53. The van der Waals surface area contributed by atoms with E-state index in [9.17, 15) is 10.1 Å². The van der Waals surface area contributed by atoms with E-state index in [1.807, 2.05) is 62.4 Å². The van der Waals surface area contributed by atoms with Crippen LogP contribution in [0.5, 0.6) is 0 Å². The summed E-state index contributed by atoms with van der Waals surface area (Å²) < 4.78 is 5.38. The number of esters is 1. The number of piperazine rings is 1. The first kappa shape index (κ1) is 22.8. The van der Waals surface area contributed by atoms with Crippen molar-refractivity contribution in [3.05, 3.63) is 59.2 Å². The lowest BCUT2D eigenvalue weighted by molar-refractivity contribution is -0.145. The van der Waals surface area contributed by atoms with Gasteiger partial charge in [-0.25, -0.2) is 9.97 Å². The summed E-state index contributed by atoms with van der Waals surface area (Å²) in [6, 6.07) is 17.4. The quantitative estimate of drug-likeness (QED) is 0.500. The van der Waals surface area contributed by atoms with Crippen molar-refractivity contribution in [1.29, 1.82) is 5.26 Å². The van der Waals surface area contributed by atoms with Crippen molar-refractivity contribution in [2.75, 3.05) is 42.6 Å². The highest BCUT2D eigenvalue weighted by atomic mass is 35.5. The molecule has 2 aromatic carbocycles.